The van der Waals surface area contributed by atoms with E-state index in [2.05, 4.69) is 46.9 Å². The molecule has 1 saturated heterocycles. The van der Waals surface area contributed by atoms with E-state index in [1.807, 2.05) is 11.8 Å². The number of carbonyl (C=O) groups is 1. The Bertz CT molecular complexity index is 721. The largest absolute Gasteiger partial charge is 0.368 e. The van der Waals surface area contributed by atoms with Crippen molar-refractivity contribution in [3.63, 3.8) is 0 Å². The third-order valence-electron chi connectivity index (χ3n) is 4.63. The van der Waals surface area contributed by atoms with Gasteiger partial charge in [-0.2, -0.15) is 0 Å². The zero-order valence-corrected chi connectivity index (χ0v) is 13.9. The molecule has 0 radical (unpaired) electrons. The Morgan fingerprint density at radius 1 is 1.09 bits per heavy atom. The maximum atomic E-state index is 12.6. The predicted octanol–water partition coefficient (Wildman–Crippen LogP) is 2.36. The molecule has 2 heterocycles. The molecule has 0 aliphatic carbocycles. The number of hydrogen-bond acceptors (Lipinski definition) is 4. The first-order chi connectivity index (χ1) is 11.1. The van der Waals surface area contributed by atoms with E-state index in [9.17, 15) is 4.79 Å². The topological polar surface area (TPSA) is 49.3 Å². The molecule has 0 atom stereocenters. The normalized spacial score (nSPS) is 14.9. The molecule has 0 N–H and O–H groups in total. The van der Waals surface area contributed by atoms with Crippen molar-refractivity contribution in [3.8, 4) is 0 Å². The first-order valence-corrected chi connectivity index (χ1v) is 7.95. The number of hydrogen-bond donors (Lipinski definition) is 0. The molecule has 2 aromatic rings. The van der Waals surface area contributed by atoms with Crippen LogP contribution in [0.3, 0.4) is 0 Å². The molecule has 0 unspecified atom stereocenters. The van der Waals surface area contributed by atoms with Gasteiger partial charge >= 0.3 is 0 Å². The summed E-state index contributed by atoms with van der Waals surface area (Å²) in [5, 5.41) is 0. The Morgan fingerprint density at radius 2 is 1.83 bits per heavy atom. The minimum absolute atomic E-state index is 0.0312. The Balaban J connectivity index is 1.70. The van der Waals surface area contributed by atoms with E-state index in [0.717, 1.165) is 31.9 Å². The lowest BCUT2D eigenvalue weighted by Crippen LogP contribution is -2.49. The molecule has 1 amide bonds. The first kappa shape index (κ1) is 15.5. The number of rotatable bonds is 2. The van der Waals surface area contributed by atoms with E-state index >= 15 is 0 Å². The fourth-order valence-corrected chi connectivity index (χ4v) is 3.00. The summed E-state index contributed by atoms with van der Waals surface area (Å²) in [6, 6.07) is 6.39. The van der Waals surface area contributed by atoms with Crippen LogP contribution in [-0.2, 0) is 0 Å². The standard InChI is InChI=1S/C18H22N4O/c1-13-5-4-6-17(14(13)2)21-7-9-22(10-8-21)18(23)16-11-19-12-20-15(16)3/h4-6,11-12H,7-10H2,1-3H3. The van der Waals surface area contributed by atoms with Gasteiger partial charge in [-0.1, -0.05) is 12.1 Å². The molecule has 120 valence electrons. The average molecular weight is 310 g/mol. The molecule has 1 aliphatic heterocycles. The maximum absolute atomic E-state index is 12.6. The number of anilines is 1. The molecule has 1 fully saturated rings. The van der Waals surface area contributed by atoms with Crippen LogP contribution >= 0.6 is 0 Å². The van der Waals surface area contributed by atoms with E-state index in [1.54, 1.807) is 6.20 Å². The SMILES string of the molecule is Cc1cccc(N2CCN(C(=O)c3cncnc3C)CC2)c1C. The zero-order valence-electron chi connectivity index (χ0n) is 13.9. The van der Waals surface area contributed by atoms with E-state index in [1.165, 1.54) is 23.1 Å². The van der Waals surface area contributed by atoms with Crippen LogP contribution in [0.4, 0.5) is 5.69 Å². The summed E-state index contributed by atoms with van der Waals surface area (Å²) in [7, 11) is 0. The van der Waals surface area contributed by atoms with Crippen molar-refractivity contribution in [1.29, 1.82) is 0 Å². The van der Waals surface area contributed by atoms with Gasteiger partial charge in [-0.05, 0) is 38.0 Å². The number of aryl methyl sites for hydroxylation is 2. The predicted molar refractivity (Wildman–Crippen MR) is 90.8 cm³/mol. The van der Waals surface area contributed by atoms with Gasteiger partial charge in [-0.25, -0.2) is 9.97 Å². The highest BCUT2D eigenvalue weighted by molar-refractivity contribution is 5.95. The van der Waals surface area contributed by atoms with Gasteiger partial charge in [-0.3, -0.25) is 4.79 Å². The summed E-state index contributed by atoms with van der Waals surface area (Å²) in [5.41, 5.74) is 5.24. The van der Waals surface area contributed by atoms with Gasteiger partial charge in [0.25, 0.3) is 5.91 Å². The van der Waals surface area contributed by atoms with Gasteiger partial charge in [0.15, 0.2) is 0 Å². The minimum atomic E-state index is 0.0312. The number of piperazine rings is 1. The van der Waals surface area contributed by atoms with Crippen LogP contribution in [0.25, 0.3) is 0 Å². The van der Waals surface area contributed by atoms with Crippen LogP contribution in [-0.4, -0.2) is 47.0 Å². The van der Waals surface area contributed by atoms with Gasteiger partial charge in [0, 0.05) is 38.1 Å². The molecule has 0 saturated carbocycles. The average Bonchev–Trinajstić information content (AvgIpc) is 2.57. The van der Waals surface area contributed by atoms with Gasteiger partial charge < -0.3 is 9.80 Å². The summed E-state index contributed by atoms with van der Waals surface area (Å²) >= 11 is 0. The maximum Gasteiger partial charge on any atom is 0.257 e. The van der Waals surface area contributed by atoms with Crippen LogP contribution < -0.4 is 4.90 Å². The lowest BCUT2D eigenvalue weighted by molar-refractivity contribution is 0.0745. The lowest BCUT2D eigenvalue weighted by atomic mass is 10.1. The highest BCUT2D eigenvalue weighted by Gasteiger charge is 2.24. The third-order valence-corrected chi connectivity index (χ3v) is 4.63. The second kappa shape index (κ2) is 6.36. The van der Waals surface area contributed by atoms with Gasteiger partial charge in [0.1, 0.15) is 6.33 Å². The van der Waals surface area contributed by atoms with Crippen molar-refractivity contribution in [3.05, 3.63) is 53.1 Å². The van der Waals surface area contributed by atoms with Crippen molar-refractivity contribution in [2.75, 3.05) is 31.1 Å². The molecule has 5 heteroatoms. The molecule has 1 aromatic carbocycles. The lowest BCUT2D eigenvalue weighted by Gasteiger charge is -2.37. The Labute approximate surface area is 137 Å². The summed E-state index contributed by atoms with van der Waals surface area (Å²) in [6.07, 6.45) is 3.09. The number of carbonyl (C=O) groups excluding carboxylic acids is 1. The fraction of sp³-hybridized carbons (Fsp3) is 0.389. The van der Waals surface area contributed by atoms with Crippen molar-refractivity contribution in [1.82, 2.24) is 14.9 Å². The smallest absolute Gasteiger partial charge is 0.257 e. The van der Waals surface area contributed by atoms with Crippen LogP contribution in [0.5, 0.6) is 0 Å². The highest BCUT2D eigenvalue weighted by atomic mass is 16.2. The van der Waals surface area contributed by atoms with Crippen molar-refractivity contribution in [2.45, 2.75) is 20.8 Å². The van der Waals surface area contributed by atoms with Gasteiger partial charge in [0.2, 0.25) is 0 Å². The molecule has 1 aromatic heterocycles. The van der Waals surface area contributed by atoms with Crippen LogP contribution in [0.1, 0.15) is 27.2 Å². The van der Waals surface area contributed by atoms with Crippen LogP contribution in [0.15, 0.2) is 30.7 Å². The quantitative estimate of drug-likeness (QED) is 0.854. The Hall–Kier alpha value is -2.43. The molecular weight excluding hydrogens is 288 g/mol. The number of amides is 1. The van der Waals surface area contributed by atoms with Crippen LogP contribution in [0.2, 0.25) is 0 Å². The van der Waals surface area contributed by atoms with E-state index in [4.69, 9.17) is 0 Å². The van der Waals surface area contributed by atoms with E-state index in [-0.39, 0.29) is 5.91 Å². The van der Waals surface area contributed by atoms with E-state index in [0.29, 0.717) is 5.56 Å². The van der Waals surface area contributed by atoms with Gasteiger partial charge in [-0.15, -0.1) is 0 Å². The summed E-state index contributed by atoms with van der Waals surface area (Å²) in [5.74, 6) is 0.0312. The van der Waals surface area contributed by atoms with Gasteiger partial charge in [0.05, 0.1) is 11.3 Å². The first-order valence-electron chi connectivity index (χ1n) is 7.95. The summed E-state index contributed by atoms with van der Waals surface area (Å²) in [4.78, 5) is 25.0. The van der Waals surface area contributed by atoms with Crippen LogP contribution in [0, 0.1) is 20.8 Å². The minimum Gasteiger partial charge on any atom is -0.368 e. The molecule has 0 bridgehead atoms. The summed E-state index contributed by atoms with van der Waals surface area (Å²) < 4.78 is 0. The Morgan fingerprint density at radius 3 is 2.52 bits per heavy atom. The van der Waals surface area contributed by atoms with Crippen molar-refractivity contribution < 1.29 is 4.79 Å². The second-order valence-corrected chi connectivity index (χ2v) is 6.02. The number of nitrogens with zero attached hydrogens (tertiary/aromatic N) is 4. The number of benzene rings is 1. The second-order valence-electron chi connectivity index (χ2n) is 6.02. The Kier molecular flexibility index (Phi) is 4.28. The zero-order chi connectivity index (χ0) is 16.4. The third kappa shape index (κ3) is 3.04. The van der Waals surface area contributed by atoms with Crippen molar-refractivity contribution >= 4 is 11.6 Å². The molecule has 5 nitrogen and oxygen atoms in total. The molecule has 23 heavy (non-hydrogen) atoms. The van der Waals surface area contributed by atoms with Crippen molar-refractivity contribution in [2.24, 2.45) is 0 Å². The highest BCUT2D eigenvalue weighted by Crippen LogP contribution is 2.24. The molecular formula is C18H22N4O. The molecule has 0 spiro atoms. The van der Waals surface area contributed by atoms with E-state index < -0.39 is 0 Å². The fourth-order valence-electron chi connectivity index (χ4n) is 3.00. The monoisotopic (exact) mass is 310 g/mol. The number of aromatic nitrogens is 2. The molecule has 3 rings (SSSR count). The molecule has 1 aliphatic rings. The summed E-state index contributed by atoms with van der Waals surface area (Å²) in [6.45, 7) is 9.29.